The Morgan fingerprint density at radius 2 is 2.00 bits per heavy atom. The highest BCUT2D eigenvalue weighted by molar-refractivity contribution is 14.0. The topological polar surface area (TPSA) is 48.9 Å². The van der Waals surface area contributed by atoms with E-state index in [4.69, 9.17) is 9.73 Å². The summed E-state index contributed by atoms with van der Waals surface area (Å²) in [5.41, 5.74) is 0. The van der Waals surface area contributed by atoms with Crippen LogP contribution in [0.4, 0.5) is 0 Å². The van der Waals surface area contributed by atoms with Crippen LogP contribution in [0.3, 0.4) is 0 Å². The molecule has 0 amide bonds. The minimum Gasteiger partial charge on any atom is -0.379 e. The van der Waals surface area contributed by atoms with Gasteiger partial charge in [-0.1, -0.05) is 19.1 Å². The number of guanidine groups is 1. The van der Waals surface area contributed by atoms with Crippen LogP contribution in [0.25, 0.3) is 0 Å². The molecule has 2 N–H and O–H groups in total. The molecule has 0 spiro atoms. The van der Waals surface area contributed by atoms with Gasteiger partial charge in [-0.15, -0.1) is 24.0 Å². The van der Waals surface area contributed by atoms with Crippen molar-refractivity contribution in [1.82, 2.24) is 15.5 Å². The van der Waals surface area contributed by atoms with E-state index in [-0.39, 0.29) is 24.0 Å². The van der Waals surface area contributed by atoms with Crippen molar-refractivity contribution in [3.8, 4) is 0 Å². The fourth-order valence-corrected chi connectivity index (χ4v) is 2.78. The fourth-order valence-electron chi connectivity index (χ4n) is 2.78. The SMILES string of the molecule is CCNC(=NCC(C)CN1CCOCC1)NC1CC=CC1.I. The summed E-state index contributed by atoms with van der Waals surface area (Å²) >= 11 is 0. The smallest absolute Gasteiger partial charge is 0.191 e. The Kier molecular flexibility index (Phi) is 10.1. The Bertz CT molecular complexity index is 348. The van der Waals surface area contributed by atoms with E-state index in [2.05, 4.69) is 41.5 Å². The first kappa shape index (κ1) is 19.7. The lowest BCUT2D eigenvalue weighted by atomic mass is 10.1. The maximum Gasteiger partial charge on any atom is 0.191 e. The second kappa shape index (κ2) is 11.2. The molecule has 1 aliphatic carbocycles. The molecule has 0 aromatic rings. The Balaban J connectivity index is 0.00000242. The summed E-state index contributed by atoms with van der Waals surface area (Å²) < 4.78 is 5.39. The molecule has 6 heteroatoms. The summed E-state index contributed by atoms with van der Waals surface area (Å²) in [5, 5.41) is 6.86. The van der Waals surface area contributed by atoms with Gasteiger partial charge in [0.15, 0.2) is 5.96 Å². The van der Waals surface area contributed by atoms with Crippen molar-refractivity contribution in [2.24, 2.45) is 10.9 Å². The van der Waals surface area contributed by atoms with Crippen LogP contribution < -0.4 is 10.6 Å². The van der Waals surface area contributed by atoms with Crippen molar-refractivity contribution in [2.45, 2.75) is 32.7 Å². The lowest BCUT2D eigenvalue weighted by Gasteiger charge is -2.28. The molecule has 0 aromatic carbocycles. The van der Waals surface area contributed by atoms with E-state index in [1.807, 2.05) is 0 Å². The van der Waals surface area contributed by atoms with Crippen LogP contribution in [0.15, 0.2) is 17.1 Å². The third-order valence-corrected chi connectivity index (χ3v) is 3.93. The number of hydrogen-bond acceptors (Lipinski definition) is 3. The second-order valence-electron chi connectivity index (χ2n) is 6.02. The van der Waals surface area contributed by atoms with E-state index in [1.54, 1.807) is 0 Å². The Hall–Kier alpha value is -0.340. The molecule has 2 aliphatic rings. The van der Waals surface area contributed by atoms with Gasteiger partial charge in [-0.2, -0.15) is 0 Å². The van der Waals surface area contributed by atoms with E-state index in [0.29, 0.717) is 12.0 Å². The standard InChI is InChI=1S/C16H30N4O.HI/c1-3-17-16(19-15-6-4-5-7-15)18-12-14(2)13-20-8-10-21-11-9-20;/h4-5,14-15H,3,6-13H2,1-2H3,(H2,17,18,19);1H. The number of nitrogens with zero attached hydrogens (tertiary/aromatic N) is 2. The average Bonchev–Trinajstić information content (AvgIpc) is 2.99. The van der Waals surface area contributed by atoms with Crippen molar-refractivity contribution in [1.29, 1.82) is 0 Å². The van der Waals surface area contributed by atoms with Gasteiger partial charge < -0.3 is 15.4 Å². The number of ether oxygens (including phenoxy) is 1. The van der Waals surface area contributed by atoms with Crippen LogP contribution in [0.5, 0.6) is 0 Å². The summed E-state index contributed by atoms with van der Waals surface area (Å²) in [6.07, 6.45) is 6.69. The van der Waals surface area contributed by atoms with Crippen molar-refractivity contribution < 1.29 is 4.74 Å². The molecule has 1 heterocycles. The van der Waals surface area contributed by atoms with Gasteiger partial charge in [-0.05, 0) is 25.7 Å². The molecule has 0 saturated carbocycles. The minimum atomic E-state index is 0. The average molecular weight is 422 g/mol. The van der Waals surface area contributed by atoms with E-state index in [9.17, 15) is 0 Å². The van der Waals surface area contributed by atoms with Crippen LogP contribution in [-0.4, -0.2) is 62.8 Å². The zero-order valence-corrected chi connectivity index (χ0v) is 16.2. The van der Waals surface area contributed by atoms with Crippen molar-refractivity contribution in [2.75, 3.05) is 45.9 Å². The zero-order chi connectivity index (χ0) is 14.9. The van der Waals surface area contributed by atoms with Crippen LogP contribution in [0.1, 0.15) is 26.7 Å². The molecule has 1 atom stereocenters. The first-order valence-electron chi connectivity index (χ1n) is 8.28. The quantitative estimate of drug-likeness (QED) is 0.297. The Morgan fingerprint density at radius 1 is 1.32 bits per heavy atom. The van der Waals surface area contributed by atoms with Gasteiger partial charge in [0, 0.05) is 38.8 Å². The first-order chi connectivity index (χ1) is 10.3. The molecule has 0 radical (unpaired) electrons. The second-order valence-corrected chi connectivity index (χ2v) is 6.02. The molecule has 1 fully saturated rings. The number of morpholine rings is 1. The third-order valence-electron chi connectivity index (χ3n) is 3.93. The number of halogens is 1. The molecule has 0 aromatic heterocycles. The molecule has 1 unspecified atom stereocenters. The monoisotopic (exact) mass is 422 g/mol. The maximum absolute atomic E-state index is 5.39. The van der Waals surface area contributed by atoms with Gasteiger partial charge in [0.2, 0.25) is 0 Å². The Labute approximate surface area is 152 Å². The highest BCUT2D eigenvalue weighted by atomic mass is 127. The third kappa shape index (κ3) is 7.28. The summed E-state index contributed by atoms with van der Waals surface area (Å²) in [7, 11) is 0. The fraction of sp³-hybridized carbons (Fsp3) is 0.812. The lowest BCUT2D eigenvalue weighted by Crippen LogP contribution is -2.43. The van der Waals surface area contributed by atoms with Crippen molar-refractivity contribution in [3.63, 3.8) is 0 Å². The van der Waals surface area contributed by atoms with Crippen LogP contribution in [0.2, 0.25) is 0 Å². The summed E-state index contributed by atoms with van der Waals surface area (Å²) in [6, 6.07) is 0.511. The van der Waals surface area contributed by atoms with Crippen LogP contribution in [0, 0.1) is 5.92 Å². The summed E-state index contributed by atoms with van der Waals surface area (Å²) in [6.45, 7) is 11.1. The zero-order valence-electron chi connectivity index (χ0n) is 13.9. The molecule has 1 saturated heterocycles. The van der Waals surface area contributed by atoms with Crippen molar-refractivity contribution >= 4 is 29.9 Å². The lowest BCUT2D eigenvalue weighted by molar-refractivity contribution is 0.0323. The number of nitrogens with one attached hydrogen (secondary N) is 2. The van der Waals surface area contributed by atoms with Crippen molar-refractivity contribution in [3.05, 3.63) is 12.2 Å². The van der Waals surface area contributed by atoms with Gasteiger partial charge >= 0.3 is 0 Å². The number of aliphatic imine (C=N–C) groups is 1. The molecule has 2 rings (SSSR count). The Morgan fingerprint density at radius 3 is 2.64 bits per heavy atom. The van der Waals surface area contributed by atoms with Gasteiger partial charge in [0.05, 0.1) is 13.2 Å². The maximum atomic E-state index is 5.39. The normalized spacial score (nSPS) is 21.5. The van der Waals surface area contributed by atoms with Crippen LogP contribution >= 0.6 is 24.0 Å². The highest BCUT2D eigenvalue weighted by Gasteiger charge is 2.14. The van der Waals surface area contributed by atoms with E-state index in [0.717, 1.165) is 64.7 Å². The minimum absolute atomic E-state index is 0. The first-order valence-corrected chi connectivity index (χ1v) is 8.28. The van der Waals surface area contributed by atoms with Gasteiger partial charge in [-0.25, -0.2) is 0 Å². The molecule has 128 valence electrons. The largest absolute Gasteiger partial charge is 0.379 e. The molecule has 1 aliphatic heterocycles. The number of rotatable bonds is 6. The highest BCUT2D eigenvalue weighted by Crippen LogP contribution is 2.09. The molecular weight excluding hydrogens is 391 g/mol. The van der Waals surface area contributed by atoms with Crippen LogP contribution in [-0.2, 0) is 4.74 Å². The molecule has 0 bridgehead atoms. The summed E-state index contributed by atoms with van der Waals surface area (Å²) in [4.78, 5) is 7.23. The predicted molar refractivity (Wildman–Crippen MR) is 103 cm³/mol. The molecular formula is C16H31IN4O. The van der Waals surface area contributed by atoms with Gasteiger partial charge in [0.25, 0.3) is 0 Å². The van der Waals surface area contributed by atoms with E-state index in [1.165, 1.54) is 0 Å². The molecule has 5 nitrogen and oxygen atoms in total. The number of hydrogen-bond donors (Lipinski definition) is 2. The summed E-state index contributed by atoms with van der Waals surface area (Å²) in [5.74, 6) is 1.53. The van der Waals surface area contributed by atoms with Gasteiger partial charge in [0.1, 0.15) is 0 Å². The van der Waals surface area contributed by atoms with Gasteiger partial charge in [-0.3, -0.25) is 9.89 Å². The predicted octanol–water partition coefficient (Wildman–Crippen LogP) is 1.85. The molecule has 22 heavy (non-hydrogen) atoms. The van der Waals surface area contributed by atoms with E-state index >= 15 is 0 Å². The van der Waals surface area contributed by atoms with E-state index < -0.39 is 0 Å².